The largest absolute Gasteiger partial charge is 0.478 e. The molecule has 0 aliphatic carbocycles. The van der Waals surface area contributed by atoms with E-state index in [4.69, 9.17) is 10.5 Å². The molecular weight excluding hydrogens is 1130 g/mol. The van der Waals surface area contributed by atoms with Gasteiger partial charge in [0.1, 0.15) is 24.8 Å². The van der Waals surface area contributed by atoms with Crippen LogP contribution in [0.4, 0.5) is 31.5 Å². The van der Waals surface area contributed by atoms with Crippen LogP contribution >= 0.6 is 0 Å². The van der Waals surface area contributed by atoms with E-state index >= 15 is 0 Å². The molecule has 0 fully saturated rings. The molecule has 8 aromatic carbocycles. The lowest BCUT2D eigenvalue weighted by atomic mass is 9.88. The zero-order valence-electron chi connectivity index (χ0n) is 47.8. The van der Waals surface area contributed by atoms with Crippen molar-refractivity contribution in [1.82, 2.24) is 0 Å². The molecule has 88 heavy (non-hydrogen) atoms. The van der Waals surface area contributed by atoms with Crippen LogP contribution in [0.25, 0.3) is 44.5 Å². The van der Waals surface area contributed by atoms with Crippen molar-refractivity contribution >= 4 is 58.1 Å². The molecule has 0 heterocycles. The standard InChI is InChI=1S/C34H34N2O6.C32H28F2N2O6.4CH4/c1-18-11-24(35-6)7-9-26(18)27-10-8-25(12-19(27)2)36-33(38)31-14-21(4)29(16-32(31)34(39)40)28-15-23(17-42-41)30(22(5)37)13-20(28)3;1-16-9-26(18(3)37)19(15-42-41)11-24(16)25-14-28(32(39)40)27(10-17(25)2)31(38)36-21-6-8-23(30(34)13-21)22-7-5-20(35-4)12-29(22)33;;;;/h7-16,35,41H,17H2,1-6H3,(H,36,38)(H,39,40);5-14,35,41H,15H2,1-4H3,(H,36,38)(H,39,40);4*1H4. The molecule has 18 heteroatoms. The Morgan fingerprint density at radius 1 is 0.375 bits per heavy atom. The van der Waals surface area contributed by atoms with Crippen molar-refractivity contribution in [2.24, 2.45) is 0 Å². The summed E-state index contributed by atoms with van der Waals surface area (Å²) in [4.78, 5) is 83.9. The van der Waals surface area contributed by atoms with Crippen molar-refractivity contribution < 1.29 is 68.1 Å². The van der Waals surface area contributed by atoms with Crippen molar-refractivity contribution in [2.75, 3.05) is 35.4 Å². The third-order valence-corrected chi connectivity index (χ3v) is 14.4. The van der Waals surface area contributed by atoms with Crippen LogP contribution in [0.1, 0.15) is 150 Å². The number of carboxylic acid groups (broad SMARTS) is 2. The number of nitrogens with one attached hydrogen (secondary N) is 4. The van der Waals surface area contributed by atoms with Crippen LogP contribution in [0.3, 0.4) is 0 Å². The van der Waals surface area contributed by atoms with Crippen LogP contribution in [0.5, 0.6) is 0 Å². The molecule has 0 unspecified atom stereocenters. The van der Waals surface area contributed by atoms with Gasteiger partial charge in [0, 0.05) is 59.1 Å². The molecule has 0 spiro atoms. The Morgan fingerprint density at radius 2 is 0.659 bits per heavy atom. The predicted octanol–water partition coefficient (Wildman–Crippen LogP) is 17.1. The smallest absolute Gasteiger partial charge is 0.336 e. The summed E-state index contributed by atoms with van der Waals surface area (Å²) in [6.45, 7) is 13.4. The van der Waals surface area contributed by atoms with E-state index in [1.807, 2.05) is 46.0 Å². The molecule has 8 N–H and O–H groups in total. The molecule has 0 saturated heterocycles. The normalized spacial score (nSPS) is 10.3. The Morgan fingerprint density at radius 3 is 0.977 bits per heavy atom. The van der Waals surface area contributed by atoms with Crippen molar-refractivity contribution in [3.05, 3.63) is 211 Å². The molecule has 464 valence electrons. The number of hydrogen-bond donors (Lipinski definition) is 8. The van der Waals surface area contributed by atoms with Gasteiger partial charge in [0.25, 0.3) is 11.8 Å². The van der Waals surface area contributed by atoms with Crippen LogP contribution < -0.4 is 21.3 Å². The lowest BCUT2D eigenvalue weighted by molar-refractivity contribution is -0.253. The molecule has 0 radical (unpaired) electrons. The van der Waals surface area contributed by atoms with Gasteiger partial charge in [-0.05, 0) is 242 Å². The highest BCUT2D eigenvalue weighted by Gasteiger charge is 2.25. The molecule has 2 amide bonds. The lowest BCUT2D eigenvalue weighted by Crippen LogP contribution is -2.17. The number of rotatable bonds is 18. The number of amides is 2. The molecule has 0 bridgehead atoms. The van der Waals surface area contributed by atoms with Gasteiger partial charge >= 0.3 is 11.9 Å². The van der Waals surface area contributed by atoms with Gasteiger partial charge in [-0.25, -0.2) is 28.1 Å². The van der Waals surface area contributed by atoms with E-state index in [-0.39, 0.29) is 93.6 Å². The number of ketones is 2. The van der Waals surface area contributed by atoms with Crippen molar-refractivity contribution in [3.8, 4) is 44.5 Å². The first kappa shape index (κ1) is 72.5. The Labute approximate surface area is 513 Å². The first-order chi connectivity index (χ1) is 39.9. The van der Waals surface area contributed by atoms with E-state index < -0.39 is 35.4 Å². The van der Waals surface area contributed by atoms with Crippen LogP contribution in [0.15, 0.2) is 121 Å². The molecule has 0 aliphatic heterocycles. The number of aromatic carboxylic acids is 2. The van der Waals surface area contributed by atoms with Gasteiger partial charge < -0.3 is 31.5 Å². The fourth-order valence-electron chi connectivity index (χ4n) is 10.1. The van der Waals surface area contributed by atoms with Crippen LogP contribution in [0.2, 0.25) is 0 Å². The molecule has 16 nitrogen and oxygen atoms in total. The second-order valence-electron chi connectivity index (χ2n) is 20.2. The van der Waals surface area contributed by atoms with Gasteiger partial charge in [-0.15, -0.1) is 0 Å². The maximum absolute atomic E-state index is 15.0. The van der Waals surface area contributed by atoms with Gasteiger partial charge in [-0.1, -0.05) is 41.8 Å². The molecular formula is C70H78F2N4O12. The summed E-state index contributed by atoms with van der Waals surface area (Å²) < 4.78 is 29.5. The predicted molar refractivity (Wildman–Crippen MR) is 347 cm³/mol. The number of Topliss-reactive ketones (excluding diaryl/α,β-unsaturated/α-hetero) is 2. The van der Waals surface area contributed by atoms with Crippen LogP contribution in [-0.4, -0.2) is 70.1 Å². The quantitative estimate of drug-likeness (QED) is 0.0226. The van der Waals surface area contributed by atoms with E-state index in [1.165, 1.54) is 56.3 Å². The van der Waals surface area contributed by atoms with Crippen molar-refractivity contribution in [1.29, 1.82) is 0 Å². The molecule has 0 aromatic heterocycles. The fraction of sp³-hybridized carbons (Fsp3) is 0.229. The van der Waals surface area contributed by atoms with Crippen LogP contribution in [0, 0.1) is 53.2 Å². The van der Waals surface area contributed by atoms with Gasteiger partial charge in [0.05, 0.1) is 22.3 Å². The number of halogens is 2. The Kier molecular flexibility index (Phi) is 25.6. The maximum Gasteiger partial charge on any atom is 0.336 e. The minimum atomic E-state index is -1.36. The zero-order valence-corrected chi connectivity index (χ0v) is 47.8. The number of benzene rings is 8. The monoisotopic (exact) mass is 1200 g/mol. The average Bonchev–Trinajstić information content (AvgIpc) is 1.38. The summed E-state index contributed by atoms with van der Waals surface area (Å²) in [6, 6.07) is 32.3. The first-order valence-electron chi connectivity index (χ1n) is 26.3. The number of hydrogen-bond acceptors (Lipinski definition) is 12. The fourth-order valence-corrected chi connectivity index (χ4v) is 10.1. The first-order valence-corrected chi connectivity index (χ1v) is 26.3. The van der Waals surface area contributed by atoms with E-state index in [0.717, 1.165) is 39.6 Å². The number of carbonyl (C=O) groups excluding carboxylic acids is 4. The van der Waals surface area contributed by atoms with E-state index in [9.17, 15) is 47.8 Å². The Hall–Kier alpha value is -9.72. The number of aryl methyl sites for hydroxylation is 6. The van der Waals surface area contributed by atoms with Crippen molar-refractivity contribution in [3.63, 3.8) is 0 Å². The lowest BCUT2D eigenvalue weighted by Gasteiger charge is -2.17. The highest BCUT2D eigenvalue weighted by atomic mass is 19.1. The molecule has 8 rings (SSSR count). The SMILES string of the molecule is C.C.C.C.CNc1ccc(-c2ccc(NC(=O)c3cc(C)c(-c4cc(COO)c(C(C)=O)cc4C)cc3C(=O)O)cc2C)c(C)c1.CNc1ccc(-c2ccc(NC(=O)c3cc(C)c(-c4cc(COO)c(C(C)=O)cc4C)cc3C(=O)O)cc2F)c(F)c1. The van der Waals surface area contributed by atoms with E-state index in [0.29, 0.717) is 72.6 Å². The molecule has 0 aliphatic rings. The second-order valence-corrected chi connectivity index (χ2v) is 20.2. The highest BCUT2D eigenvalue weighted by molar-refractivity contribution is 6.13. The highest BCUT2D eigenvalue weighted by Crippen LogP contribution is 2.37. The number of anilines is 4. The summed E-state index contributed by atoms with van der Waals surface area (Å²) in [7, 11) is 3.51. The van der Waals surface area contributed by atoms with Gasteiger partial charge in [0.15, 0.2) is 11.6 Å². The zero-order chi connectivity index (χ0) is 61.4. The minimum absolute atomic E-state index is 0. The molecule has 8 aromatic rings. The number of carbonyl (C=O) groups is 6. The van der Waals surface area contributed by atoms with Gasteiger partial charge in [0.2, 0.25) is 0 Å². The Balaban J connectivity index is 0.000000440. The molecule has 0 saturated carbocycles. The van der Waals surface area contributed by atoms with Gasteiger partial charge in [-0.3, -0.25) is 29.7 Å². The van der Waals surface area contributed by atoms with E-state index in [2.05, 4.69) is 43.2 Å². The second kappa shape index (κ2) is 31.1. The summed E-state index contributed by atoms with van der Waals surface area (Å²) in [5, 5.41) is 49.4. The topological polar surface area (TPSA) is 250 Å². The Bertz CT molecular complexity index is 3720. The summed E-state index contributed by atoms with van der Waals surface area (Å²) in [5.41, 5.74) is 12.5. The summed E-state index contributed by atoms with van der Waals surface area (Å²) in [6.07, 6.45) is 0. The summed E-state index contributed by atoms with van der Waals surface area (Å²) in [5.74, 6) is -5.74. The third-order valence-electron chi connectivity index (χ3n) is 14.4. The van der Waals surface area contributed by atoms with Crippen molar-refractivity contribution in [2.45, 2.75) is 98.3 Å². The molecule has 0 atom stereocenters. The minimum Gasteiger partial charge on any atom is -0.478 e. The third kappa shape index (κ3) is 16.0. The number of carboxylic acids is 2. The summed E-state index contributed by atoms with van der Waals surface area (Å²) >= 11 is 0. The average molecular weight is 1210 g/mol. The van der Waals surface area contributed by atoms with Gasteiger partial charge in [-0.2, -0.15) is 0 Å². The van der Waals surface area contributed by atoms with E-state index in [1.54, 1.807) is 70.3 Å². The van der Waals surface area contributed by atoms with Crippen LogP contribution in [-0.2, 0) is 23.0 Å². The maximum atomic E-state index is 15.0.